The molecule has 2 aromatic carbocycles. The lowest BCUT2D eigenvalue weighted by Crippen LogP contribution is -2.26. The quantitative estimate of drug-likeness (QED) is 0.594. The molecule has 1 aliphatic rings. The summed E-state index contributed by atoms with van der Waals surface area (Å²) in [5.41, 5.74) is 4.04. The molecule has 0 N–H and O–H groups in total. The largest absolute Gasteiger partial charge is 0.497 e. The Morgan fingerprint density at radius 3 is 2.86 bits per heavy atom. The number of methoxy groups -OCH3 is 1. The van der Waals surface area contributed by atoms with Crippen molar-refractivity contribution in [2.45, 2.75) is 6.92 Å². The predicted molar refractivity (Wildman–Crippen MR) is 114 cm³/mol. The van der Waals surface area contributed by atoms with Gasteiger partial charge in [0.2, 0.25) is 0 Å². The molecule has 0 unspecified atom stereocenters. The van der Waals surface area contributed by atoms with Gasteiger partial charge in [-0.1, -0.05) is 12.1 Å². The van der Waals surface area contributed by atoms with Crippen molar-refractivity contribution in [3.05, 3.63) is 84.0 Å². The molecule has 29 heavy (non-hydrogen) atoms. The van der Waals surface area contributed by atoms with Gasteiger partial charge in [0.25, 0.3) is 0 Å². The zero-order valence-electron chi connectivity index (χ0n) is 16.6. The summed E-state index contributed by atoms with van der Waals surface area (Å²) in [4.78, 5) is 6.59. The van der Waals surface area contributed by atoms with Crippen LogP contribution in [0.25, 0.3) is 16.5 Å². The minimum atomic E-state index is -0.203. The number of fused-ring (bicyclic) bond motifs is 1. The molecular weight excluding hydrogens is 367 g/mol. The summed E-state index contributed by atoms with van der Waals surface area (Å²) in [6.07, 6.45) is 7.91. The van der Waals surface area contributed by atoms with Crippen molar-refractivity contribution >= 4 is 16.5 Å². The molecule has 1 aromatic heterocycles. The van der Waals surface area contributed by atoms with Crippen molar-refractivity contribution in [3.63, 3.8) is 0 Å². The van der Waals surface area contributed by atoms with Gasteiger partial charge in [-0.3, -0.25) is 4.98 Å². The summed E-state index contributed by atoms with van der Waals surface area (Å²) in [5, 5.41) is 0.963. The summed E-state index contributed by atoms with van der Waals surface area (Å²) < 4.78 is 24.7. The van der Waals surface area contributed by atoms with E-state index in [-0.39, 0.29) is 5.82 Å². The molecule has 4 rings (SSSR count). The molecule has 0 spiro atoms. The highest BCUT2D eigenvalue weighted by molar-refractivity contribution is 5.85. The SMILES string of the molecule is COc1ccc2c(OCCN3C=CC=C(c4ccc(F)cc4C)C3)ccnc2c1. The van der Waals surface area contributed by atoms with E-state index in [1.165, 1.54) is 11.6 Å². The number of nitrogens with zero attached hydrogens (tertiary/aromatic N) is 2. The third-order valence-electron chi connectivity index (χ3n) is 5.05. The fraction of sp³-hybridized carbons (Fsp3) is 0.208. The third-order valence-corrected chi connectivity index (χ3v) is 5.05. The standard InChI is InChI=1S/C24H23FN2O2/c1-17-14-19(25)5-7-21(17)18-4-3-11-27(16-18)12-13-29-24-9-10-26-23-15-20(28-2)6-8-22(23)24/h3-11,14-15H,12-13,16H2,1-2H3. The van der Waals surface area contributed by atoms with Crippen molar-refractivity contribution in [2.24, 2.45) is 0 Å². The van der Waals surface area contributed by atoms with Crippen LogP contribution >= 0.6 is 0 Å². The van der Waals surface area contributed by atoms with Crippen molar-refractivity contribution in [1.29, 1.82) is 0 Å². The molecule has 0 saturated carbocycles. The average molecular weight is 390 g/mol. The Balaban J connectivity index is 1.40. The van der Waals surface area contributed by atoms with Crippen LogP contribution in [-0.2, 0) is 0 Å². The van der Waals surface area contributed by atoms with Crippen LogP contribution in [0, 0.1) is 12.7 Å². The van der Waals surface area contributed by atoms with Crippen LogP contribution in [0.5, 0.6) is 11.5 Å². The minimum Gasteiger partial charge on any atom is -0.497 e. The molecule has 2 heterocycles. The van der Waals surface area contributed by atoms with Crippen LogP contribution in [-0.4, -0.2) is 36.7 Å². The van der Waals surface area contributed by atoms with Crippen LogP contribution in [0.2, 0.25) is 0 Å². The maximum atomic E-state index is 13.4. The first-order chi connectivity index (χ1) is 14.1. The summed E-state index contributed by atoms with van der Waals surface area (Å²) in [7, 11) is 1.64. The summed E-state index contributed by atoms with van der Waals surface area (Å²) >= 11 is 0. The summed E-state index contributed by atoms with van der Waals surface area (Å²) in [6.45, 7) is 3.99. The Labute approximate surface area is 169 Å². The fourth-order valence-electron chi connectivity index (χ4n) is 3.55. The van der Waals surface area contributed by atoms with Crippen molar-refractivity contribution in [1.82, 2.24) is 9.88 Å². The summed E-state index contributed by atoms with van der Waals surface area (Å²) in [5.74, 6) is 1.38. The lowest BCUT2D eigenvalue weighted by atomic mass is 9.98. The number of allylic oxidation sites excluding steroid dienone is 2. The monoisotopic (exact) mass is 390 g/mol. The highest BCUT2D eigenvalue weighted by atomic mass is 19.1. The molecule has 0 atom stereocenters. The van der Waals surface area contributed by atoms with Gasteiger partial charge < -0.3 is 14.4 Å². The smallest absolute Gasteiger partial charge is 0.130 e. The van der Waals surface area contributed by atoms with Crippen LogP contribution in [0.1, 0.15) is 11.1 Å². The Bertz CT molecular complexity index is 1090. The Morgan fingerprint density at radius 1 is 1.14 bits per heavy atom. The number of benzene rings is 2. The molecule has 0 bridgehead atoms. The molecule has 4 nitrogen and oxygen atoms in total. The first-order valence-corrected chi connectivity index (χ1v) is 9.57. The molecule has 0 fully saturated rings. The van der Waals surface area contributed by atoms with E-state index in [0.717, 1.165) is 46.6 Å². The normalized spacial score (nSPS) is 13.5. The number of aromatic nitrogens is 1. The maximum absolute atomic E-state index is 13.4. The second kappa shape index (κ2) is 8.35. The van der Waals surface area contributed by atoms with E-state index in [4.69, 9.17) is 9.47 Å². The Morgan fingerprint density at radius 2 is 2.03 bits per heavy atom. The topological polar surface area (TPSA) is 34.6 Å². The second-order valence-corrected chi connectivity index (χ2v) is 7.00. The molecule has 5 heteroatoms. The van der Waals surface area contributed by atoms with E-state index in [0.29, 0.717) is 6.61 Å². The van der Waals surface area contributed by atoms with Crippen LogP contribution in [0.4, 0.5) is 4.39 Å². The zero-order chi connectivity index (χ0) is 20.2. The lowest BCUT2D eigenvalue weighted by Gasteiger charge is -2.25. The van der Waals surface area contributed by atoms with Crippen molar-refractivity contribution in [2.75, 3.05) is 26.8 Å². The van der Waals surface area contributed by atoms with E-state index in [9.17, 15) is 4.39 Å². The van der Waals surface area contributed by atoms with E-state index in [1.807, 2.05) is 43.3 Å². The Kier molecular flexibility index (Phi) is 5.47. The highest BCUT2D eigenvalue weighted by Gasteiger charge is 2.12. The third kappa shape index (κ3) is 4.24. The van der Waals surface area contributed by atoms with E-state index < -0.39 is 0 Å². The van der Waals surface area contributed by atoms with E-state index >= 15 is 0 Å². The van der Waals surface area contributed by atoms with Crippen molar-refractivity contribution < 1.29 is 13.9 Å². The summed E-state index contributed by atoms with van der Waals surface area (Å²) in [6, 6.07) is 12.6. The van der Waals surface area contributed by atoms with Crippen LogP contribution in [0.3, 0.4) is 0 Å². The van der Waals surface area contributed by atoms with E-state index in [2.05, 4.69) is 22.2 Å². The molecule has 0 aliphatic carbocycles. The van der Waals surface area contributed by atoms with Gasteiger partial charge in [-0.15, -0.1) is 0 Å². The number of rotatable bonds is 6. The van der Waals surface area contributed by atoms with Gasteiger partial charge in [-0.05, 0) is 66.2 Å². The molecule has 0 amide bonds. The zero-order valence-corrected chi connectivity index (χ0v) is 16.6. The first-order valence-electron chi connectivity index (χ1n) is 9.57. The minimum absolute atomic E-state index is 0.203. The average Bonchev–Trinajstić information content (AvgIpc) is 2.73. The van der Waals surface area contributed by atoms with Crippen molar-refractivity contribution in [3.8, 4) is 11.5 Å². The molecular formula is C24H23FN2O2. The van der Waals surface area contributed by atoms with Crippen LogP contribution in [0.15, 0.2) is 67.0 Å². The van der Waals surface area contributed by atoms with Gasteiger partial charge in [0.05, 0.1) is 19.2 Å². The molecule has 0 radical (unpaired) electrons. The first kappa shape index (κ1) is 19.0. The van der Waals surface area contributed by atoms with Gasteiger partial charge in [-0.25, -0.2) is 4.39 Å². The van der Waals surface area contributed by atoms with Gasteiger partial charge in [0, 0.05) is 24.2 Å². The number of pyridine rings is 1. The second-order valence-electron chi connectivity index (χ2n) is 7.00. The number of ether oxygens (including phenoxy) is 2. The molecule has 1 aliphatic heterocycles. The fourth-order valence-corrected chi connectivity index (χ4v) is 3.55. The Hall–Kier alpha value is -3.34. The van der Waals surface area contributed by atoms with Crippen LogP contribution < -0.4 is 9.47 Å². The molecule has 0 saturated heterocycles. The molecule has 3 aromatic rings. The molecule has 148 valence electrons. The van der Waals surface area contributed by atoms with Gasteiger partial charge >= 0.3 is 0 Å². The van der Waals surface area contributed by atoms with Gasteiger partial charge in [0.1, 0.15) is 23.9 Å². The predicted octanol–water partition coefficient (Wildman–Crippen LogP) is 4.98. The van der Waals surface area contributed by atoms with Gasteiger partial charge in [-0.2, -0.15) is 0 Å². The number of aryl methyl sites for hydroxylation is 1. The van der Waals surface area contributed by atoms with E-state index in [1.54, 1.807) is 19.4 Å². The number of halogens is 1. The van der Waals surface area contributed by atoms with Gasteiger partial charge in [0.15, 0.2) is 0 Å². The number of hydrogen-bond donors (Lipinski definition) is 0. The maximum Gasteiger partial charge on any atom is 0.130 e. The number of hydrogen-bond acceptors (Lipinski definition) is 4. The highest BCUT2D eigenvalue weighted by Crippen LogP contribution is 2.27. The lowest BCUT2D eigenvalue weighted by molar-refractivity contribution is 0.267.